The summed E-state index contributed by atoms with van der Waals surface area (Å²) in [5.74, 6) is -0.849. The van der Waals surface area contributed by atoms with E-state index in [1.165, 1.54) is 11.3 Å². The fourth-order valence-corrected chi connectivity index (χ4v) is 2.82. The average molecular weight is 241 g/mol. The smallest absolute Gasteiger partial charge is 0.345 e. The Morgan fingerprint density at radius 1 is 1.69 bits per heavy atom. The zero-order chi connectivity index (χ0) is 11.5. The van der Waals surface area contributed by atoms with E-state index in [4.69, 9.17) is 9.84 Å². The number of ether oxygens (including phenoxy) is 1. The summed E-state index contributed by atoms with van der Waals surface area (Å²) in [4.78, 5) is 13.5. The second kappa shape index (κ2) is 4.84. The lowest BCUT2D eigenvalue weighted by atomic mass is 10.2. The van der Waals surface area contributed by atoms with Crippen LogP contribution in [0.25, 0.3) is 0 Å². The minimum Gasteiger partial charge on any atom is -0.477 e. The molecular weight excluding hydrogens is 226 g/mol. The topological polar surface area (TPSA) is 49.8 Å². The molecule has 0 aromatic carbocycles. The normalized spacial score (nSPS) is 21.1. The van der Waals surface area contributed by atoms with Crippen molar-refractivity contribution in [2.24, 2.45) is 0 Å². The molecule has 1 aromatic rings. The van der Waals surface area contributed by atoms with Gasteiger partial charge in [0.1, 0.15) is 4.88 Å². The zero-order valence-corrected chi connectivity index (χ0v) is 10.00. The monoisotopic (exact) mass is 241 g/mol. The number of rotatable bonds is 3. The Hall–Kier alpha value is -1.07. The maximum Gasteiger partial charge on any atom is 0.345 e. The fourth-order valence-electron chi connectivity index (χ4n) is 1.88. The molecule has 1 aliphatic heterocycles. The summed E-state index contributed by atoms with van der Waals surface area (Å²) in [6, 6.07) is 3.93. The predicted molar refractivity (Wildman–Crippen MR) is 63.5 cm³/mol. The van der Waals surface area contributed by atoms with Gasteiger partial charge >= 0.3 is 5.97 Å². The summed E-state index contributed by atoms with van der Waals surface area (Å²) in [5, 5.41) is 9.92. The van der Waals surface area contributed by atoms with Gasteiger partial charge in [-0.3, -0.25) is 0 Å². The van der Waals surface area contributed by atoms with Crippen LogP contribution < -0.4 is 4.90 Å². The van der Waals surface area contributed by atoms with Crippen LogP contribution in [-0.2, 0) is 4.74 Å². The lowest BCUT2D eigenvalue weighted by molar-refractivity contribution is 0.0702. The van der Waals surface area contributed by atoms with Crippen molar-refractivity contribution < 1.29 is 14.6 Å². The van der Waals surface area contributed by atoms with Crippen LogP contribution in [0, 0.1) is 0 Å². The van der Waals surface area contributed by atoms with Crippen LogP contribution in [0.5, 0.6) is 0 Å². The Kier molecular flexibility index (Phi) is 3.46. The molecule has 0 radical (unpaired) electrons. The van der Waals surface area contributed by atoms with E-state index >= 15 is 0 Å². The van der Waals surface area contributed by atoms with Crippen molar-refractivity contribution in [3.05, 3.63) is 17.0 Å². The van der Waals surface area contributed by atoms with E-state index in [0.29, 0.717) is 10.9 Å². The largest absolute Gasteiger partial charge is 0.477 e. The molecule has 0 spiro atoms. The lowest BCUT2D eigenvalue weighted by Crippen LogP contribution is -2.44. The van der Waals surface area contributed by atoms with Crippen LogP contribution in [0.4, 0.5) is 5.00 Å². The maximum atomic E-state index is 10.8. The SMILES string of the molecule is CCC1COCCN1c1ccc(C(=O)O)s1. The summed E-state index contributed by atoms with van der Waals surface area (Å²) in [6.07, 6.45) is 1.01. The Balaban J connectivity index is 2.17. The van der Waals surface area contributed by atoms with Gasteiger partial charge in [0.15, 0.2) is 0 Å². The van der Waals surface area contributed by atoms with E-state index in [2.05, 4.69) is 11.8 Å². The van der Waals surface area contributed by atoms with Crippen molar-refractivity contribution >= 4 is 22.3 Å². The van der Waals surface area contributed by atoms with Gasteiger partial charge in [-0.2, -0.15) is 0 Å². The molecule has 0 aliphatic carbocycles. The first-order valence-electron chi connectivity index (χ1n) is 5.40. The molecule has 0 bridgehead atoms. The highest BCUT2D eigenvalue weighted by atomic mass is 32.1. The molecule has 1 N–H and O–H groups in total. The number of nitrogens with zero attached hydrogens (tertiary/aromatic N) is 1. The van der Waals surface area contributed by atoms with Crippen molar-refractivity contribution in [3.63, 3.8) is 0 Å². The molecule has 1 fully saturated rings. The molecule has 16 heavy (non-hydrogen) atoms. The lowest BCUT2D eigenvalue weighted by Gasteiger charge is -2.35. The highest BCUT2D eigenvalue weighted by Gasteiger charge is 2.23. The Labute approximate surface area is 98.4 Å². The number of thiophene rings is 1. The van der Waals surface area contributed by atoms with Gasteiger partial charge in [-0.1, -0.05) is 6.92 Å². The number of carboxylic acid groups (broad SMARTS) is 1. The number of carboxylic acids is 1. The molecule has 4 nitrogen and oxygen atoms in total. The first-order valence-corrected chi connectivity index (χ1v) is 6.21. The minimum absolute atomic E-state index is 0.369. The van der Waals surface area contributed by atoms with E-state index in [9.17, 15) is 4.79 Å². The molecule has 1 aliphatic rings. The highest BCUT2D eigenvalue weighted by molar-refractivity contribution is 7.17. The van der Waals surface area contributed by atoms with Crippen molar-refractivity contribution in [2.75, 3.05) is 24.7 Å². The Morgan fingerprint density at radius 3 is 3.12 bits per heavy atom. The Morgan fingerprint density at radius 2 is 2.50 bits per heavy atom. The molecule has 1 saturated heterocycles. The first kappa shape index (κ1) is 11.4. The van der Waals surface area contributed by atoms with Crippen molar-refractivity contribution in [2.45, 2.75) is 19.4 Å². The third kappa shape index (κ3) is 2.20. The second-order valence-corrected chi connectivity index (χ2v) is 4.84. The predicted octanol–water partition coefficient (Wildman–Crippen LogP) is 2.06. The third-order valence-corrected chi connectivity index (χ3v) is 3.89. The number of hydrogen-bond acceptors (Lipinski definition) is 4. The standard InChI is InChI=1S/C11H15NO3S/c1-2-8-7-15-6-5-12(8)10-4-3-9(16-10)11(13)14/h3-4,8H,2,5-7H2,1H3,(H,13,14). The van der Waals surface area contributed by atoms with Gasteiger partial charge in [0.2, 0.25) is 0 Å². The maximum absolute atomic E-state index is 10.8. The number of hydrogen-bond donors (Lipinski definition) is 1. The molecule has 1 unspecified atom stereocenters. The average Bonchev–Trinajstić information content (AvgIpc) is 2.78. The summed E-state index contributed by atoms with van der Waals surface area (Å²) < 4.78 is 5.43. The van der Waals surface area contributed by atoms with Gasteiger partial charge in [0.05, 0.1) is 24.3 Å². The molecule has 2 heterocycles. The Bertz CT molecular complexity index is 377. The molecule has 0 saturated carbocycles. The van der Waals surface area contributed by atoms with Crippen molar-refractivity contribution in [1.82, 2.24) is 0 Å². The van der Waals surface area contributed by atoms with Gasteiger partial charge in [-0.05, 0) is 18.6 Å². The van der Waals surface area contributed by atoms with Gasteiger partial charge in [0, 0.05) is 6.54 Å². The second-order valence-electron chi connectivity index (χ2n) is 3.77. The van der Waals surface area contributed by atoms with Gasteiger partial charge < -0.3 is 14.7 Å². The van der Waals surface area contributed by atoms with Gasteiger partial charge in [-0.25, -0.2) is 4.79 Å². The number of aromatic carboxylic acids is 1. The number of carbonyl (C=O) groups is 1. The fraction of sp³-hybridized carbons (Fsp3) is 0.545. The van der Waals surface area contributed by atoms with Crippen LogP contribution in [0.1, 0.15) is 23.0 Å². The van der Waals surface area contributed by atoms with Crippen LogP contribution >= 0.6 is 11.3 Å². The zero-order valence-electron chi connectivity index (χ0n) is 9.18. The quantitative estimate of drug-likeness (QED) is 0.880. The first-order chi connectivity index (χ1) is 7.72. The molecule has 2 rings (SSSR count). The molecule has 88 valence electrons. The summed E-state index contributed by atoms with van der Waals surface area (Å²) >= 11 is 1.34. The molecule has 1 aromatic heterocycles. The van der Waals surface area contributed by atoms with E-state index in [1.807, 2.05) is 6.07 Å². The van der Waals surface area contributed by atoms with Gasteiger partial charge in [0.25, 0.3) is 0 Å². The molecule has 5 heteroatoms. The third-order valence-electron chi connectivity index (χ3n) is 2.78. The highest BCUT2D eigenvalue weighted by Crippen LogP contribution is 2.29. The summed E-state index contributed by atoms with van der Waals surface area (Å²) in [5.41, 5.74) is 0. The van der Waals surface area contributed by atoms with Crippen LogP contribution in [0.2, 0.25) is 0 Å². The number of anilines is 1. The minimum atomic E-state index is -0.849. The number of morpholine rings is 1. The van der Waals surface area contributed by atoms with Crippen molar-refractivity contribution in [1.29, 1.82) is 0 Å². The van der Waals surface area contributed by atoms with E-state index < -0.39 is 5.97 Å². The summed E-state index contributed by atoms with van der Waals surface area (Å²) in [6.45, 7) is 4.42. The van der Waals surface area contributed by atoms with E-state index in [-0.39, 0.29) is 0 Å². The molecular formula is C11H15NO3S. The van der Waals surface area contributed by atoms with Gasteiger partial charge in [-0.15, -0.1) is 11.3 Å². The van der Waals surface area contributed by atoms with E-state index in [0.717, 1.165) is 31.2 Å². The van der Waals surface area contributed by atoms with Crippen LogP contribution in [0.15, 0.2) is 12.1 Å². The molecule has 1 atom stereocenters. The van der Waals surface area contributed by atoms with Crippen LogP contribution in [-0.4, -0.2) is 36.9 Å². The van der Waals surface area contributed by atoms with Crippen LogP contribution in [0.3, 0.4) is 0 Å². The summed E-state index contributed by atoms with van der Waals surface area (Å²) in [7, 11) is 0. The molecule has 0 amide bonds. The van der Waals surface area contributed by atoms with E-state index in [1.54, 1.807) is 6.07 Å². The van der Waals surface area contributed by atoms with Crippen molar-refractivity contribution in [3.8, 4) is 0 Å².